The minimum atomic E-state index is -0.208. The van der Waals surface area contributed by atoms with Crippen molar-refractivity contribution in [2.45, 2.75) is 32.4 Å². The average Bonchev–Trinajstić information content (AvgIpc) is 2.39. The summed E-state index contributed by atoms with van der Waals surface area (Å²) < 4.78 is 19.1. The number of benzene rings is 1. The van der Waals surface area contributed by atoms with Gasteiger partial charge in [0.1, 0.15) is 5.82 Å². The number of nitrogens with zero attached hydrogens (tertiary/aromatic N) is 1. The molecule has 0 atom stereocenters. The summed E-state index contributed by atoms with van der Waals surface area (Å²) >= 11 is 0. The number of anilines is 1. The molecule has 1 heterocycles. The first-order valence-corrected chi connectivity index (χ1v) is 6.59. The van der Waals surface area contributed by atoms with Gasteiger partial charge in [-0.2, -0.15) is 0 Å². The molecule has 0 aliphatic carbocycles. The highest BCUT2D eigenvalue weighted by atomic mass is 19.1. The van der Waals surface area contributed by atoms with Crippen LogP contribution in [0.15, 0.2) is 18.2 Å². The topological polar surface area (TPSA) is 38.5 Å². The number of piperidine rings is 1. The summed E-state index contributed by atoms with van der Waals surface area (Å²) in [6, 6.07) is 5.06. The fraction of sp³-hybridized carbons (Fsp3) is 0.571. The second-order valence-electron chi connectivity index (χ2n) is 4.66. The molecule has 0 radical (unpaired) electrons. The number of hydrogen-bond donors (Lipinski definition) is 1. The molecule has 2 rings (SSSR count). The first kappa shape index (κ1) is 13.3. The van der Waals surface area contributed by atoms with Crippen molar-refractivity contribution in [2.24, 2.45) is 5.73 Å². The highest BCUT2D eigenvalue weighted by Crippen LogP contribution is 2.23. The maximum atomic E-state index is 13.5. The van der Waals surface area contributed by atoms with Gasteiger partial charge in [-0.15, -0.1) is 0 Å². The van der Waals surface area contributed by atoms with Crippen LogP contribution in [0.1, 0.15) is 25.3 Å². The van der Waals surface area contributed by atoms with Gasteiger partial charge < -0.3 is 15.4 Å². The lowest BCUT2D eigenvalue weighted by Crippen LogP contribution is -2.37. The van der Waals surface area contributed by atoms with Crippen LogP contribution in [-0.2, 0) is 11.3 Å². The minimum Gasteiger partial charge on any atom is -0.378 e. The molecule has 0 spiro atoms. The van der Waals surface area contributed by atoms with E-state index in [0.29, 0.717) is 12.6 Å². The standard InChI is InChI=1S/C14H21FN2O/c1-2-18-14-3-5-17(6-4-14)13-8-11(10-16)7-12(15)9-13/h7-9,14H,2-6,10,16H2,1H3. The molecule has 1 aromatic rings. The summed E-state index contributed by atoms with van der Waals surface area (Å²) in [6.45, 7) is 4.99. The van der Waals surface area contributed by atoms with Crippen LogP contribution in [0.25, 0.3) is 0 Å². The van der Waals surface area contributed by atoms with Crippen molar-refractivity contribution < 1.29 is 9.13 Å². The van der Waals surface area contributed by atoms with E-state index in [1.165, 1.54) is 6.07 Å². The minimum absolute atomic E-state index is 0.208. The van der Waals surface area contributed by atoms with Crippen LogP contribution in [-0.4, -0.2) is 25.8 Å². The highest BCUT2D eigenvalue weighted by Gasteiger charge is 2.20. The fourth-order valence-corrected chi connectivity index (χ4v) is 2.45. The van der Waals surface area contributed by atoms with Gasteiger partial charge in [0.05, 0.1) is 6.10 Å². The van der Waals surface area contributed by atoms with E-state index in [4.69, 9.17) is 10.5 Å². The Bertz CT molecular complexity index is 389. The van der Waals surface area contributed by atoms with Crippen molar-refractivity contribution in [1.29, 1.82) is 0 Å². The smallest absolute Gasteiger partial charge is 0.125 e. The van der Waals surface area contributed by atoms with E-state index in [1.54, 1.807) is 6.07 Å². The third-order valence-corrected chi connectivity index (χ3v) is 3.39. The number of halogens is 1. The molecule has 1 aliphatic heterocycles. The molecule has 0 saturated carbocycles. The van der Waals surface area contributed by atoms with Crippen molar-refractivity contribution >= 4 is 5.69 Å². The Hall–Kier alpha value is -1.13. The van der Waals surface area contributed by atoms with Gasteiger partial charge >= 0.3 is 0 Å². The third kappa shape index (κ3) is 3.21. The second-order valence-corrected chi connectivity index (χ2v) is 4.66. The lowest BCUT2D eigenvalue weighted by Gasteiger charge is -2.33. The maximum Gasteiger partial charge on any atom is 0.125 e. The van der Waals surface area contributed by atoms with E-state index >= 15 is 0 Å². The van der Waals surface area contributed by atoms with Crippen molar-refractivity contribution in [3.8, 4) is 0 Å². The van der Waals surface area contributed by atoms with Crippen LogP contribution < -0.4 is 10.6 Å². The second kappa shape index (κ2) is 6.16. The van der Waals surface area contributed by atoms with E-state index in [-0.39, 0.29) is 5.82 Å². The number of nitrogens with two attached hydrogens (primary N) is 1. The first-order chi connectivity index (χ1) is 8.72. The lowest BCUT2D eigenvalue weighted by molar-refractivity contribution is 0.0459. The van der Waals surface area contributed by atoms with Crippen LogP contribution in [0, 0.1) is 5.82 Å². The molecule has 0 aromatic heterocycles. The molecule has 100 valence electrons. The molecule has 0 amide bonds. The number of hydrogen-bond acceptors (Lipinski definition) is 3. The zero-order valence-corrected chi connectivity index (χ0v) is 10.9. The lowest BCUT2D eigenvalue weighted by atomic mass is 10.1. The van der Waals surface area contributed by atoms with Gasteiger partial charge in [0, 0.05) is 31.9 Å². The van der Waals surface area contributed by atoms with Crippen molar-refractivity contribution in [3.05, 3.63) is 29.6 Å². The number of ether oxygens (including phenoxy) is 1. The molecule has 1 saturated heterocycles. The van der Waals surface area contributed by atoms with E-state index < -0.39 is 0 Å². The average molecular weight is 252 g/mol. The van der Waals surface area contributed by atoms with Crippen LogP contribution in [0.2, 0.25) is 0 Å². The first-order valence-electron chi connectivity index (χ1n) is 6.59. The van der Waals surface area contributed by atoms with Crippen LogP contribution in [0.5, 0.6) is 0 Å². The van der Waals surface area contributed by atoms with Gasteiger partial charge in [-0.1, -0.05) is 0 Å². The molecule has 1 aliphatic rings. The Labute approximate surface area is 108 Å². The van der Waals surface area contributed by atoms with Crippen LogP contribution in [0.3, 0.4) is 0 Å². The van der Waals surface area contributed by atoms with Crippen molar-refractivity contribution in [2.75, 3.05) is 24.6 Å². The predicted molar refractivity (Wildman–Crippen MR) is 71.2 cm³/mol. The van der Waals surface area contributed by atoms with Gasteiger partial charge in [0.15, 0.2) is 0 Å². The molecule has 18 heavy (non-hydrogen) atoms. The van der Waals surface area contributed by atoms with Gasteiger partial charge in [-0.25, -0.2) is 4.39 Å². The van der Waals surface area contributed by atoms with Gasteiger partial charge in [-0.3, -0.25) is 0 Å². The SMILES string of the molecule is CCOC1CCN(c2cc(F)cc(CN)c2)CC1. The predicted octanol–water partition coefficient (Wildman–Crippen LogP) is 2.29. The summed E-state index contributed by atoms with van der Waals surface area (Å²) in [6.07, 6.45) is 2.36. The van der Waals surface area contributed by atoms with Crippen molar-refractivity contribution in [1.82, 2.24) is 0 Å². The quantitative estimate of drug-likeness (QED) is 0.893. The normalized spacial score (nSPS) is 17.2. The summed E-state index contributed by atoms with van der Waals surface area (Å²) in [5.74, 6) is -0.208. The third-order valence-electron chi connectivity index (χ3n) is 3.39. The van der Waals surface area contributed by atoms with E-state index in [2.05, 4.69) is 4.90 Å². The molecular weight excluding hydrogens is 231 g/mol. The number of rotatable bonds is 4. The largest absolute Gasteiger partial charge is 0.378 e. The van der Waals surface area contributed by atoms with Gasteiger partial charge in [0.2, 0.25) is 0 Å². The molecule has 1 aromatic carbocycles. The fourth-order valence-electron chi connectivity index (χ4n) is 2.45. The Morgan fingerprint density at radius 2 is 2.06 bits per heavy atom. The van der Waals surface area contributed by atoms with E-state index in [0.717, 1.165) is 43.8 Å². The zero-order valence-electron chi connectivity index (χ0n) is 10.9. The molecular formula is C14H21FN2O. The molecule has 3 nitrogen and oxygen atoms in total. The van der Waals surface area contributed by atoms with E-state index in [1.807, 2.05) is 13.0 Å². The van der Waals surface area contributed by atoms with Crippen molar-refractivity contribution in [3.63, 3.8) is 0 Å². The van der Waals surface area contributed by atoms with Crippen LogP contribution in [0.4, 0.5) is 10.1 Å². The van der Waals surface area contributed by atoms with Crippen LogP contribution >= 0.6 is 0 Å². The summed E-state index contributed by atoms with van der Waals surface area (Å²) in [5.41, 5.74) is 7.35. The molecule has 1 fully saturated rings. The zero-order chi connectivity index (χ0) is 13.0. The Balaban J connectivity index is 2.02. The summed E-state index contributed by atoms with van der Waals surface area (Å²) in [5, 5.41) is 0. The summed E-state index contributed by atoms with van der Waals surface area (Å²) in [4.78, 5) is 2.21. The van der Waals surface area contributed by atoms with E-state index in [9.17, 15) is 4.39 Å². The summed E-state index contributed by atoms with van der Waals surface area (Å²) in [7, 11) is 0. The molecule has 2 N–H and O–H groups in total. The molecule has 4 heteroatoms. The molecule has 0 bridgehead atoms. The monoisotopic (exact) mass is 252 g/mol. The maximum absolute atomic E-state index is 13.5. The molecule has 0 unspecified atom stereocenters. The highest BCUT2D eigenvalue weighted by molar-refractivity contribution is 5.49. The Kier molecular flexibility index (Phi) is 4.55. The van der Waals surface area contributed by atoms with Gasteiger partial charge in [-0.05, 0) is 43.5 Å². The Morgan fingerprint density at radius 3 is 2.67 bits per heavy atom. The van der Waals surface area contributed by atoms with Gasteiger partial charge in [0.25, 0.3) is 0 Å². The Morgan fingerprint density at radius 1 is 1.33 bits per heavy atom.